The third-order valence-corrected chi connectivity index (χ3v) is 6.28. The standard InChI is InChI=1S/C13H20ClN3O2S2/c1-10-8-11(14)12(15)9-13(10)21(18,19)16-2-3-17-4-6-20-7-5-17/h8-9,16H,2-7,15H2,1H3. The van der Waals surface area contributed by atoms with Crippen LogP contribution in [0.4, 0.5) is 5.69 Å². The van der Waals surface area contributed by atoms with E-state index in [9.17, 15) is 8.42 Å². The maximum absolute atomic E-state index is 12.3. The van der Waals surface area contributed by atoms with Gasteiger partial charge in [-0.05, 0) is 24.6 Å². The summed E-state index contributed by atoms with van der Waals surface area (Å²) in [5.41, 5.74) is 6.56. The monoisotopic (exact) mass is 349 g/mol. The highest BCUT2D eigenvalue weighted by Crippen LogP contribution is 2.26. The first-order valence-electron chi connectivity index (χ1n) is 6.75. The summed E-state index contributed by atoms with van der Waals surface area (Å²) in [5.74, 6) is 2.22. The molecule has 1 aliphatic rings. The molecule has 0 atom stereocenters. The number of rotatable bonds is 5. The second-order valence-electron chi connectivity index (χ2n) is 4.99. The van der Waals surface area contributed by atoms with E-state index in [2.05, 4.69) is 9.62 Å². The first kappa shape index (κ1) is 16.9. The number of hydrogen-bond acceptors (Lipinski definition) is 5. The van der Waals surface area contributed by atoms with E-state index in [1.165, 1.54) is 6.07 Å². The first-order chi connectivity index (χ1) is 9.90. The minimum Gasteiger partial charge on any atom is -0.397 e. The Kier molecular flexibility index (Phi) is 5.79. The molecule has 0 saturated carbocycles. The van der Waals surface area contributed by atoms with Crippen molar-refractivity contribution in [2.24, 2.45) is 0 Å². The van der Waals surface area contributed by atoms with Crippen LogP contribution in [0.5, 0.6) is 0 Å². The third kappa shape index (κ3) is 4.50. The molecule has 0 amide bonds. The van der Waals surface area contributed by atoms with E-state index in [4.69, 9.17) is 17.3 Å². The topological polar surface area (TPSA) is 75.4 Å². The molecule has 21 heavy (non-hydrogen) atoms. The van der Waals surface area contributed by atoms with Gasteiger partial charge in [-0.2, -0.15) is 11.8 Å². The van der Waals surface area contributed by atoms with Crippen LogP contribution in [0.1, 0.15) is 5.56 Å². The quantitative estimate of drug-likeness (QED) is 0.789. The Morgan fingerprint density at radius 1 is 1.38 bits per heavy atom. The minimum atomic E-state index is -3.55. The zero-order valence-corrected chi connectivity index (χ0v) is 14.3. The summed E-state index contributed by atoms with van der Waals surface area (Å²) in [6, 6.07) is 2.99. The molecule has 1 aliphatic heterocycles. The zero-order valence-electron chi connectivity index (χ0n) is 11.9. The number of thioether (sulfide) groups is 1. The van der Waals surface area contributed by atoms with E-state index in [1.807, 2.05) is 11.8 Å². The number of aryl methyl sites for hydroxylation is 1. The second kappa shape index (κ2) is 7.19. The predicted octanol–water partition coefficient (Wildman–Crippen LogP) is 1.56. The molecule has 8 heteroatoms. The molecule has 1 heterocycles. The van der Waals surface area contributed by atoms with E-state index in [-0.39, 0.29) is 10.6 Å². The average molecular weight is 350 g/mol. The summed E-state index contributed by atoms with van der Waals surface area (Å²) in [4.78, 5) is 2.46. The number of hydrogen-bond donors (Lipinski definition) is 2. The number of nitrogens with zero attached hydrogens (tertiary/aromatic N) is 1. The first-order valence-corrected chi connectivity index (χ1v) is 9.77. The Morgan fingerprint density at radius 3 is 2.71 bits per heavy atom. The van der Waals surface area contributed by atoms with E-state index in [1.54, 1.807) is 13.0 Å². The number of benzene rings is 1. The van der Waals surface area contributed by atoms with E-state index >= 15 is 0 Å². The van der Waals surface area contributed by atoms with Crippen LogP contribution < -0.4 is 10.5 Å². The van der Waals surface area contributed by atoms with Gasteiger partial charge in [-0.1, -0.05) is 11.6 Å². The fraction of sp³-hybridized carbons (Fsp3) is 0.538. The van der Waals surface area contributed by atoms with Gasteiger partial charge in [-0.25, -0.2) is 13.1 Å². The van der Waals surface area contributed by atoms with Crippen LogP contribution >= 0.6 is 23.4 Å². The van der Waals surface area contributed by atoms with Crippen LogP contribution in [0.3, 0.4) is 0 Å². The highest BCUT2D eigenvalue weighted by molar-refractivity contribution is 7.99. The number of nitrogens with one attached hydrogen (secondary N) is 1. The van der Waals surface area contributed by atoms with Gasteiger partial charge >= 0.3 is 0 Å². The van der Waals surface area contributed by atoms with Crippen LogP contribution in [0, 0.1) is 6.92 Å². The van der Waals surface area contributed by atoms with Gasteiger partial charge in [0.1, 0.15) is 0 Å². The molecule has 0 radical (unpaired) electrons. The molecule has 2 rings (SSSR count). The molecule has 0 bridgehead atoms. The van der Waals surface area contributed by atoms with Crippen molar-refractivity contribution in [1.29, 1.82) is 0 Å². The fourth-order valence-electron chi connectivity index (χ4n) is 2.20. The van der Waals surface area contributed by atoms with Crippen LogP contribution in [-0.2, 0) is 10.0 Å². The molecule has 118 valence electrons. The molecule has 1 saturated heterocycles. The summed E-state index contributed by atoms with van der Waals surface area (Å²) in [6.45, 7) is 4.86. The Labute approximate surface area is 135 Å². The molecular formula is C13H20ClN3O2S2. The van der Waals surface area contributed by atoms with Crippen molar-refractivity contribution in [3.8, 4) is 0 Å². The largest absolute Gasteiger partial charge is 0.397 e. The lowest BCUT2D eigenvalue weighted by Crippen LogP contribution is -2.39. The zero-order chi connectivity index (χ0) is 15.5. The summed E-state index contributed by atoms with van der Waals surface area (Å²) in [5, 5.41) is 0.372. The Morgan fingerprint density at radius 2 is 2.05 bits per heavy atom. The Balaban J connectivity index is 1.99. The minimum absolute atomic E-state index is 0.193. The number of nitrogens with two attached hydrogens (primary N) is 1. The van der Waals surface area contributed by atoms with E-state index in [0.29, 0.717) is 17.1 Å². The van der Waals surface area contributed by atoms with Crippen LogP contribution in [0.2, 0.25) is 5.02 Å². The van der Waals surface area contributed by atoms with Crippen LogP contribution in [0.25, 0.3) is 0 Å². The molecule has 1 aromatic rings. The van der Waals surface area contributed by atoms with Gasteiger partial charge in [0.05, 0.1) is 15.6 Å². The maximum atomic E-state index is 12.3. The van der Waals surface area contributed by atoms with E-state index < -0.39 is 10.0 Å². The summed E-state index contributed by atoms with van der Waals surface area (Å²) in [6.07, 6.45) is 0. The normalized spacial score (nSPS) is 17.0. The molecule has 1 aromatic carbocycles. The van der Waals surface area contributed by atoms with Gasteiger partial charge in [-0.3, -0.25) is 0 Å². The van der Waals surface area contributed by atoms with Crippen molar-refractivity contribution < 1.29 is 8.42 Å². The molecule has 1 fully saturated rings. The maximum Gasteiger partial charge on any atom is 0.240 e. The van der Waals surface area contributed by atoms with E-state index in [0.717, 1.165) is 31.1 Å². The van der Waals surface area contributed by atoms with Crippen molar-refractivity contribution in [2.75, 3.05) is 43.4 Å². The van der Waals surface area contributed by atoms with Crippen LogP contribution in [0.15, 0.2) is 17.0 Å². The number of halogens is 1. The van der Waals surface area contributed by atoms with Gasteiger partial charge < -0.3 is 10.6 Å². The van der Waals surface area contributed by atoms with Gasteiger partial charge in [0.25, 0.3) is 0 Å². The summed E-state index contributed by atoms with van der Waals surface area (Å²) >= 11 is 7.83. The fourth-order valence-corrected chi connectivity index (χ4v) is 4.68. The summed E-state index contributed by atoms with van der Waals surface area (Å²) < 4.78 is 27.3. The van der Waals surface area contributed by atoms with Gasteiger partial charge in [0.2, 0.25) is 10.0 Å². The van der Waals surface area contributed by atoms with Crippen LogP contribution in [-0.4, -0.2) is 51.0 Å². The van der Waals surface area contributed by atoms with Crippen molar-refractivity contribution in [3.05, 3.63) is 22.7 Å². The number of anilines is 1. The lowest BCUT2D eigenvalue weighted by Gasteiger charge is -2.26. The van der Waals surface area contributed by atoms with Gasteiger partial charge in [-0.15, -0.1) is 0 Å². The molecule has 0 aliphatic carbocycles. The van der Waals surface area contributed by atoms with Crippen molar-refractivity contribution in [2.45, 2.75) is 11.8 Å². The second-order valence-corrected chi connectivity index (χ2v) is 8.36. The van der Waals surface area contributed by atoms with Gasteiger partial charge in [0, 0.05) is 37.7 Å². The van der Waals surface area contributed by atoms with Crippen molar-refractivity contribution in [1.82, 2.24) is 9.62 Å². The molecule has 0 spiro atoms. The molecule has 0 unspecified atom stereocenters. The molecule has 3 N–H and O–H groups in total. The lowest BCUT2D eigenvalue weighted by molar-refractivity contribution is 0.307. The highest BCUT2D eigenvalue weighted by atomic mass is 35.5. The Bertz CT molecular complexity index is 602. The lowest BCUT2D eigenvalue weighted by atomic mass is 10.2. The Hall–Kier alpha value is -0.470. The molecule has 0 aromatic heterocycles. The number of nitrogen functional groups attached to an aromatic ring is 1. The van der Waals surface area contributed by atoms with Crippen molar-refractivity contribution in [3.63, 3.8) is 0 Å². The molecule has 5 nitrogen and oxygen atoms in total. The average Bonchev–Trinajstić information content (AvgIpc) is 2.43. The number of sulfonamides is 1. The smallest absolute Gasteiger partial charge is 0.240 e. The molecular weight excluding hydrogens is 330 g/mol. The summed E-state index contributed by atoms with van der Waals surface area (Å²) in [7, 11) is -3.55. The predicted molar refractivity (Wildman–Crippen MR) is 89.6 cm³/mol. The SMILES string of the molecule is Cc1cc(Cl)c(N)cc1S(=O)(=O)NCCN1CCSCC1. The van der Waals surface area contributed by atoms with Crippen molar-refractivity contribution >= 4 is 39.1 Å². The highest BCUT2D eigenvalue weighted by Gasteiger charge is 2.19. The third-order valence-electron chi connectivity index (χ3n) is 3.41. The van der Waals surface area contributed by atoms with Gasteiger partial charge in [0.15, 0.2) is 0 Å².